The maximum Gasteiger partial charge on any atom is 0.490 e. The summed E-state index contributed by atoms with van der Waals surface area (Å²) in [5, 5.41) is 14.4. The van der Waals surface area contributed by atoms with Crippen LogP contribution in [0, 0.1) is 5.82 Å². The number of nitrogens with one attached hydrogen (secondary N) is 3. The fraction of sp³-hybridized carbons (Fsp3) is 0.273. The topological polar surface area (TPSA) is 97.5 Å². The lowest BCUT2D eigenvalue weighted by molar-refractivity contribution is -0.192. The van der Waals surface area contributed by atoms with Crippen molar-refractivity contribution in [1.29, 1.82) is 0 Å². The molecule has 1 aromatic heterocycles. The molecule has 4 N–H and O–H groups in total. The zero-order chi connectivity index (χ0) is 23.6. The first-order valence-corrected chi connectivity index (χ1v) is 9.43. The summed E-state index contributed by atoms with van der Waals surface area (Å²) in [6.07, 6.45) is -3.27. The smallest absolute Gasteiger partial charge is 0.475 e. The normalized spacial score (nSPS) is 12.2. The third-order valence-corrected chi connectivity index (χ3v) is 4.71. The molecule has 0 aliphatic carbocycles. The van der Waals surface area contributed by atoms with E-state index in [2.05, 4.69) is 20.5 Å². The van der Waals surface area contributed by atoms with Gasteiger partial charge < -0.3 is 25.6 Å². The number of carbonyl (C=O) groups excluding carboxylic acids is 1. The molecule has 0 unspecified atom stereocenters. The molecule has 7 nitrogen and oxygen atoms in total. The predicted molar refractivity (Wildman–Crippen MR) is 119 cm³/mol. The third kappa shape index (κ3) is 5.43. The lowest BCUT2D eigenvalue weighted by Crippen LogP contribution is -2.21. The largest absolute Gasteiger partial charge is 0.490 e. The molecule has 1 aliphatic rings. The maximum atomic E-state index is 14.6. The summed E-state index contributed by atoms with van der Waals surface area (Å²) in [6.45, 7) is 1.50. The quantitative estimate of drug-likeness (QED) is 0.404. The molecule has 1 amide bonds. The number of carbonyl (C=O) groups is 2. The number of H-pyrrole nitrogens is 1. The van der Waals surface area contributed by atoms with E-state index in [0.717, 1.165) is 17.8 Å². The van der Waals surface area contributed by atoms with E-state index in [0.29, 0.717) is 34.3 Å². The number of benzene rings is 2. The van der Waals surface area contributed by atoms with Gasteiger partial charge in [-0.1, -0.05) is 7.43 Å². The average molecular weight is 468 g/mol. The second-order valence-corrected chi connectivity index (χ2v) is 7.26. The Morgan fingerprint density at radius 3 is 2.39 bits per heavy atom. The number of nitrogens with zero attached hydrogens (tertiary/aromatic N) is 1. The van der Waals surface area contributed by atoms with Gasteiger partial charge in [0.2, 0.25) is 0 Å². The third-order valence-electron chi connectivity index (χ3n) is 4.71. The van der Waals surface area contributed by atoms with E-state index in [9.17, 15) is 22.4 Å². The number of aliphatic carboxylic acids is 1. The SMILES string of the molecule is C.CN(C)CCNc1cc(-c2ccc[nH]2)c2c3c(ccc(F)c13)NC2=O.O=C(O)C(F)(F)F. The maximum absolute atomic E-state index is 14.6. The first-order valence-electron chi connectivity index (χ1n) is 9.43. The van der Waals surface area contributed by atoms with E-state index in [-0.39, 0.29) is 19.2 Å². The van der Waals surface area contributed by atoms with Gasteiger partial charge in [-0.3, -0.25) is 4.79 Å². The van der Waals surface area contributed by atoms with Crippen molar-refractivity contribution in [1.82, 2.24) is 9.88 Å². The first-order chi connectivity index (χ1) is 15.0. The molecule has 0 fully saturated rings. The molecule has 2 heterocycles. The number of anilines is 2. The summed E-state index contributed by atoms with van der Waals surface area (Å²) in [7, 11) is 3.98. The molecule has 11 heteroatoms. The Hall–Kier alpha value is -3.60. The van der Waals surface area contributed by atoms with E-state index >= 15 is 0 Å². The average Bonchev–Trinajstić information content (AvgIpc) is 3.34. The van der Waals surface area contributed by atoms with Gasteiger partial charge >= 0.3 is 12.1 Å². The van der Waals surface area contributed by atoms with Crippen LogP contribution in [0.4, 0.5) is 28.9 Å². The van der Waals surface area contributed by atoms with Gasteiger partial charge in [-0.25, -0.2) is 9.18 Å². The minimum Gasteiger partial charge on any atom is -0.475 e. The lowest BCUT2D eigenvalue weighted by Gasteiger charge is -2.16. The van der Waals surface area contributed by atoms with Crippen molar-refractivity contribution in [2.75, 3.05) is 37.8 Å². The molecule has 0 bridgehead atoms. The molecule has 1 aliphatic heterocycles. The fourth-order valence-corrected chi connectivity index (χ4v) is 3.31. The molecule has 2 aromatic carbocycles. The minimum atomic E-state index is -5.08. The summed E-state index contributed by atoms with van der Waals surface area (Å²) < 4.78 is 46.4. The number of hydrogen-bond donors (Lipinski definition) is 4. The number of carboxylic acids is 1. The van der Waals surface area contributed by atoms with Crippen LogP contribution in [0.25, 0.3) is 22.0 Å². The van der Waals surface area contributed by atoms with Crippen molar-refractivity contribution >= 4 is 34.0 Å². The van der Waals surface area contributed by atoms with Gasteiger partial charge in [0.05, 0.1) is 5.56 Å². The zero-order valence-corrected chi connectivity index (χ0v) is 17.1. The molecule has 3 aromatic rings. The highest BCUT2D eigenvalue weighted by atomic mass is 19.4. The Balaban J connectivity index is 0.000000423. The van der Waals surface area contributed by atoms with Crippen molar-refractivity contribution in [3.8, 4) is 11.3 Å². The van der Waals surface area contributed by atoms with Crippen molar-refractivity contribution < 1.29 is 32.3 Å². The summed E-state index contributed by atoms with van der Waals surface area (Å²) in [4.78, 5) is 26.6. The van der Waals surface area contributed by atoms with Crippen molar-refractivity contribution in [3.63, 3.8) is 0 Å². The van der Waals surface area contributed by atoms with Crippen LogP contribution < -0.4 is 10.6 Å². The number of amides is 1. The Labute approximate surface area is 187 Å². The van der Waals surface area contributed by atoms with E-state index in [1.807, 2.05) is 38.5 Å². The van der Waals surface area contributed by atoms with E-state index < -0.39 is 12.1 Å². The van der Waals surface area contributed by atoms with E-state index in [1.54, 1.807) is 6.07 Å². The second-order valence-electron chi connectivity index (χ2n) is 7.26. The van der Waals surface area contributed by atoms with Crippen molar-refractivity contribution in [3.05, 3.63) is 47.9 Å². The molecular weight excluding hydrogens is 444 g/mol. The summed E-state index contributed by atoms with van der Waals surface area (Å²) in [5.74, 6) is -3.29. The summed E-state index contributed by atoms with van der Waals surface area (Å²) in [5.41, 5.74) is 3.47. The molecule has 0 radical (unpaired) electrons. The molecule has 33 heavy (non-hydrogen) atoms. The number of aromatic amines is 1. The zero-order valence-electron chi connectivity index (χ0n) is 17.1. The van der Waals surface area contributed by atoms with Crippen molar-refractivity contribution in [2.45, 2.75) is 13.6 Å². The molecule has 178 valence electrons. The van der Waals surface area contributed by atoms with Crippen LogP contribution in [-0.2, 0) is 4.79 Å². The van der Waals surface area contributed by atoms with Crippen LogP contribution in [0.2, 0.25) is 0 Å². The molecule has 4 rings (SSSR count). The van der Waals surface area contributed by atoms with Crippen LogP contribution in [0.1, 0.15) is 17.8 Å². The Bertz CT molecular complexity index is 1160. The fourth-order valence-electron chi connectivity index (χ4n) is 3.31. The number of alkyl halides is 3. The number of aromatic nitrogens is 1. The standard InChI is InChI=1S/C19H19FN4O.C2HF3O2.CH4/c1-24(2)9-8-22-15-10-11(13-4-3-7-21-13)16-18-14(23-19(16)25)6-5-12(20)17(15)18;3-2(4,5)1(6)7;/h3-7,10,21-22H,8-9H2,1-2H3,(H,23,25);(H,6,7);1H4. The summed E-state index contributed by atoms with van der Waals surface area (Å²) >= 11 is 0. The van der Waals surface area contributed by atoms with Gasteiger partial charge in [0, 0.05) is 52.7 Å². The molecule has 0 atom stereocenters. The Morgan fingerprint density at radius 1 is 1.18 bits per heavy atom. The van der Waals surface area contributed by atoms with Crippen molar-refractivity contribution in [2.24, 2.45) is 0 Å². The number of halogens is 4. The van der Waals surface area contributed by atoms with Crippen LogP contribution >= 0.6 is 0 Å². The molecular formula is C22H24F4N4O3. The minimum absolute atomic E-state index is 0. The molecule has 0 saturated carbocycles. The number of carboxylic acid groups (broad SMARTS) is 1. The second kappa shape index (κ2) is 9.90. The van der Waals surface area contributed by atoms with Gasteiger partial charge in [0.15, 0.2) is 0 Å². The van der Waals surface area contributed by atoms with Gasteiger partial charge in [0.1, 0.15) is 5.82 Å². The van der Waals surface area contributed by atoms with Crippen LogP contribution in [0.15, 0.2) is 36.5 Å². The number of hydrogen-bond acceptors (Lipinski definition) is 4. The number of rotatable bonds is 5. The monoisotopic (exact) mass is 468 g/mol. The lowest BCUT2D eigenvalue weighted by atomic mass is 9.96. The molecule has 0 spiro atoms. The highest BCUT2D eigenvalue weighted by molar-refractivity contribution is 6.28. The number of likely N-dealkylation sites (N-methyl/N-ethyl adjacent to an activating group) is 1. The highest BCUT2D eigenvalue weighted by Crippen LogP contribution is 2.43. The highest BCUT2D eigenvalue weighted by Gasteiger charge is 2.38. The van der Waals surface area contributed by atoms with E-state index in [1.165, 1.54) is 6.07 Å². The Kier molecular flexibility index (Phi) is 7.70. The van der Waals surface area contributed by atoms with Crippen LogP contribution in [0.5, 0.6) is 0 Å². The predicted octanol–water partition coefficient (Wildman–Crippen LogP) is 4.78. The van der Waals surface area contributed by atoms with Gasteiger partial charge in [0.25, 0.3) is 5.91 Å². The molecule has 0 saturated heterocycles. The van der Waals surface area contributed by atoms with Gasteiger partial charge in [-0.05, 0) is 44.4 Å². The van der Waals surface area contributed by atoms with Crippen LogP contribution in [-0.4, -0.2) is 60.2 Å². The van der Waals surface area contributed by atoms with Gasteiger partial charge in [-0.15, -0.1) is 0 Å². The Morgan fingerprint density at radius 2 is 1.85 bits per heavy atom. The summed E-state index contributed by atoms with van der Waals surface area (Å²) in [6, 6.07) is 8.67. The first kappa shape index (κ1) is 25.7. The van der Waals surface area contributed by atoms with E-state index in [4.69, 9.17) is 9.90 Å². The van der Waals surface area contributed by atoms with Gasteiger partial charge in [-0.2, -0.15) is 13.2 Å². The van der Waals surface area contributed by atoms with Crippen LogP contribution in [0.3, 0.4) is 0 Å².